The Bertz CT molecular complexity index is 609. The molecule has 2 aromatic rings. The van der Waals surface area contributed by atoms with Gasteiger partial charge in [-0.05, 0) is 48.9 Å². The van der Waals surface area contributed by atoms with E-state index in [1.165, 1.54) is 11.3 Å². The second kappa shape index (κ2) is 7.99. The molecule has 0 aliphatic heterocycles. The van der Waals surface area contributed by atoms with Gasteiger partial charge in [0.1, 0.15) is 11.4 Å². The lowest BCUT2D eigenvalue weighted by molar-refractivity contribution is 0.0631. The van der Waals surface area contributed by atoms with Gasteiger partial charge in [0.15, 0.2) is 0 Å². The summed E-state index contributed by atoms with van der Waals surface area (Å²) in [6, 6.07) is 10.5. The van der Waals surface area contributed by atoms with Crippen LogP contribution in [0.25, 0.3) is 0 Å². The van der Waals surface area contributed by atoms with Crippen molar-refractivity contribution in [2.24, 2.45) is 0 Å². The number of carbonyl (C=O) groups is 1. The number of benzene rings is 1. The first-order valence-corrected chi connectivity index (χ1v) is 8.41. The quantitative estimate of drug-likeness (QED) is 0.588. The van der Waals surface area contributed by atoms with Gasteiger partial charge in [0.25, 0.3) is 0 Å². The molecule has 6 heteroatoms. The molecule has 0 fully saturated rings. The number of phenols is 1. The lowest BCUT2D eigenvalue weighted by atomic mass is 10.1. The highest BCUT2D eigenvalue weighted by Gasteiger charge is 2.24. The summed E-state index contributed by atoms with van der Waals surface area (Å²) in [4.78, 5) is 12.6. The standard InChI is InChI=1S/C17H22N2O3S/c1-17(22,15-5-3-11-23-15)12-19-16(21)18-10-2-4-13-6-8-14(20)9-7-13/h3,5-9,11,20,22H,2,4,10,12H2,1H3,(H2,18,19,21). The molecule has 0 spiro atoms. The SMILES string of the molecule is CC(O)(CNC(=O)NCCCc1ccc(O)cc1)c1cccs1. The smallest absolute Gasteiger partial charge is 0.314 e. The maximum Gasteiger partial charge on any atom is 0.314 e. The Morgan fingerprint density at radius 2 is 1.96 bits per heavy atom. The number of aromatic hydroxyl groups is 1. The van der Waals surface area contributed by atoms with Crippen LogP contribution in [0.4, 0.5) is 4.79 Å². The summed E-state index contributed by atoms with van der Waals surface area (Å²) in [6.07, 6.45) is 1.63. The third kappa shape index (κ3) is 5.58. The largest absolute Gasteiger partial charge is 0.508 e. The van der Waals surface area contributed by atoms with Crippen molar-refractivity contribution in [3.8, 4) is 5.75 Å². The van der Waals surface area contributed by atoms with Gasteiger partial charge < -0.3 is 20.8 Å². The molecule has 0 aliphatic carbocycles. The number of aryl methyl sites for hydroxylation is 1. The molecule has 1 atom stereocenters. The first kappa shape index (κ1) is 17.3. The Hall–Kier alpha value is -2.05. The normalized spacial score (nSPS) is 13.3. The van der Waals surface area contributed by atoms with Gasteiger partial charge in [-0.2, -0.15) is 0 Å². The molecule has 1 unspecified atom stereocenters. The Morgan fingerprint density at radius 1 is 1.22 bits per heavy atom. The van der Waals surface area contributed by atoms with Crippen LogP contribution in [-0.2, 0) is 12.0 Å². The number of thiophene rings is 1. The van der Waals surface area contributed by atoms with Crippen molar-refractivity contribution >= 4 is 17.4 Å². The van der Waals surface area contributed by atoms with Crippen LogP contribution in [0.1, 0.15) is 23.8 Å². The van der Waals surface area contributed by atoms with Gasteiger partial charge in [-0.1, -0.05) is 18.2 Å². The average Bonchev–Trinajstić information content (AvgIpc) is 3.07. The van der Waals surface area contributed by atoms with E-state index in [2.05, 4.69) is 10.6 Å². The van der Waals surface area contributed by atoms with Gasteiger partial charge in [0, 0.05) is 11.4 Å². The van der Waals surface area contributed by atoms with Crippen molar-refractivity contribution in [2.45, 2.75) is 25.4 Å². The van der Waals surface area contributed by atoms with E-state index < -0.39 is 5.60 Å². The van der Waals surface area contributed by atoms with Crippen LogP contribution in [0.5, 0.6) is 5.75 Å². The molecule has 2 rings (SSSR count). The number of aliphatic hydroxyl groups is 1. The number of hydrogen-bond acceptors (Lipinski definition) is 4. The van der Waals surface area contributed by atoms with Crippen molar-refractivity contribution < 1.29 is 15.0 Å². The van der Waals surface area contributed by atoms with E-state index in [1.807, 2.05) is 29.6 Å². The number of rotatable bonds is 7. The molecular weight excluding hydrogens is 312 g/mol. The predicted molar refractivity (Wildman–Crippen MR) is 91.7 cm³/mol. The van der Waals surface area contributed by atoms with E-state index in [0.717, 1.165) is 23.3 Å². The third-order valence-corrected chi connectivity index (χ3v) is 4.63. The fraction of sp³-hybridized carbons (Fsp3) is 0.353. The molecule has 0 aliphatic rings. The predicted octanol–water partition coefficient (Wildman–Crippen LogP) is 2.59. The third-order valence-electron chi connectivity index (χ3n) is 3.51. The lowest BCUT2D eigenvalue weighted by Gasteiger charge is -2.22. The van der Waals surface area contributed by atoms with Crippen molar-refractivity contribution in [3.05, 3.63) is 52.2 Å². The number of carbonyl (C=O) groups excluding carboxylic acids is 1. The fourth-order valence-corrected chi connectivity index (χ4v) is 2.93. The van der Waals surface area contributed by atoms with Gasteiger partial charge in [-0.25, -0.2) is 4.79 Å². The minimum atomic E-state index is -1.06. The monoisotopic (exact) mass is 334 g/mol. The molecule has 2 amide bonds. The summed E-state index contributed by atoms with van der Waals surface area (Å²) in [6.45, 7) is 2.40. The molecule has 5 nitrogen and oxygen atoms in total. The number of phenolic OH excluding ortho intramolecular Hbond substituents is 1. The van der Waals surface area contributed by atoms with Gasteiger partial charge >= 0.3 is 6.03 Å². The van der Waals surface area contributed by atoms with E-state index in [1.54, 1.807) is 19.1 Å². The van der Waals surface area contributed by atoms with Crippen LogP contribution in [0.2, 0.25) is 0 Å². The van der Waals surface area contributed by atoms with Gasteiger partial charge in [0.2, 0.25) is 0 Å². The van der Waals surface area contributed by atoms with Crippen molar-refractivity contribution in [3.63, 3.8) is 0 Å². The Balaban J connectivity index is 1.64. The molecule has 1 heterocycles. The summed E-state index contributed by atoms with van der Waals surface area (Å²) in [7, 11) is 0. The molecule has 1 aromatic carbocycles. The molecule has 0 saturated carbocycles. The Labute approximate surface area is 140 Å². The highest BCUT2D eigenvalue weighted by molar-refractivity contribution is 7.10. The van der Waals surface area contributed by atoms with Crippen LogP contribution in [-0.4, -0.2) is 29.3 Å². The van der Waals surface area contributed by atoms with Crippen LogP contribution in [0, 0.1) is 0 Å². The van der Waals surface area contributed by atoms with Gasteiger partial charge in [-0.15, -0.1) is 11.3 Å². The number of hydrogen-bond donors (Lipinski definition) is 4. The van der Waals surface area contributed by atoms with E-state index in [4.69, 9.17) is 0 Å². The summed E-state index contributed by atoms with van der Waals surface area (Å²) in [5, 5.41) is 26.9. The van der Waals surface area contributed by atoms with Gasteiger partial charge in [0.05, 0.1) is 6.54 Å². The van der Waals surface area contributed by atoms with Gasteiger partial charge in [-0.3, -0.25) is 0 Å². The highest BCUT2D eigenvalue weighted by Crippen LogP contribution is 2.24. The van der Waals surface area contributed by atoms with E-state index in [-0.39, 0.29) is 18.3 Å². The first-order valence-electron chi connectivity index (χ1n) is 7.53. The molecule has 4 N–H and O–H groups in total. The van der Waals surface area contributed by atoms with Crippen LogP contribution < -0.4 is 10.6 Å². The Morgan fingerprint density at radius 3 is 2.61 bits per heavy atom. The van der Waals surface area contributed by atoms with Crippen LogP contribution in [0.3, 0.4) is 0 Å². The van der Waals surface area contributed by atoms with E-state index in [0.29, 0.717) is 6.54 Å². The average molecular weight is 334 g/mol. The van der Waals surface area contributed by atoms with Crippen LogP contribution in [0.15, 0.2) is 41.8 Å². The van der Waals surface area contributed by atoms with Crippen molar-refractivity contribution in [1.29, 1.82) is 0 Å². The first-order chi connectivity index (χ1) is 11.0. The maximum atomic E-state index is 11.8. The minimum absolute atomic E-state index is 0.164. The van der Waals surface area contributed by atoms with Crippen LogP contribution >= 0.6 is 11.3 Å². The van der Waals surface area contributed by atoms with Crippen molar-refractivity contribution in [2.75, 3.05) is 13.1 Å². The second-order valence-corrected chi connectivity index (χ2v) is 6.58. The summed E-state index contributed by atoms with van der Waals surface area (Å²) in [5.74, 6) is 0.254. The summed E-state index contributed by atoms with van der Waals surface area (Å²) < 4.78 is 0. The zero-order chi connectivity index (χ0) is 16.7. The summed E-state index contributed by atoms with van der Waals surface area (Å²) >= 11 is 1.46. The minimum Gasteiger partial charge on any atom is -0.508 e. The fourth-order valence-electron chi connectivity index (χ4n) is 2.14. The zero-order valence-corrected chi connectivity index (χ0v) is 13.9. The van der Waals surface area contributed by atoms with Crippen molar-refractivity contribution in [1.82, 2.24) is 10.6 Å². The summed E-state index contributed by atoms with van der Waals surface area (Å²) in [5.41, 5.74) is 0.0583. The zero-order valence-electron chi connectivity index (χ0n) is 13.1. The second-order valence-electron chi connectivity index (χ2n) is 5.63. The molecule has 0 radical (unpaired) electrons. The van der Waals surface area contributed by atoms with E-state index >= 15 is 0 Å². The number of amides is 2. The highest BCUT2D eigenvalue weighted by atomic mass is 32.1. The number of urea groups is 1. The molecule has 0 bridgehead atoms. The molecule has 23 heavy (non-hydrogen) atoms. The maximum absolute atomic E-state index is 11.8. The molecular formula is C17H22N2O3S. The Kier molecular flexibility index (Phi) is 6.01. The molecule has 1 aromatic heterocycles. The number of nitrogens with one attached hydrogen (secondary N) is 2. The van der Waals surface area contributed by atoms with E-state index in [9.17, 15) is 15.0 Å². The molecule has 0 saturated heterocycles. The lowest BCUT2D eigenvalue weighted by Crippen LogP contribution is -2.43. The molecule has 124 valence electrons. The topological polar surface area (TPSA) is 81.6 Å².